The maximum Gasteiger partial charge on any atom is 0.321 e. The van der Waals surface area contributed by atoms with E-state index in [9.17, 15) is 13.2 Å². The van der Waals surface area contributed by atoms with Crippen LogP contribution in [0.2, 0.25) is 0 Å². The summed E-state index contributed by atoms with van der Waals surface area (Å²) in [6.07, 6.45) is 1.46. The molecule has 0 aliphatic heterocycles. The molecule has 3 aromatic rings. The summed E-state index contributed by atoms with van der Waals surface area (Å²) in [5.74, 6) is -0.687. The monoisotopic (exact) mass is 457 g/mol. The third-order valence-corrected chi connectivity index (χ3v) is 6.02. The smallest absolute Gasteiger partial charge is 0.321 e. The number of carbonyl (C=O) groups is 1. The largest absolute Gasteiger partial charge is 0.458 e. The normalized spacial score (nSPS) is 11.5. The van der Waals surface area contributed by atoms with Crippen LogP contribution in [0.1, 0.15) is 22.4 Å². The molecule has 7 nitrogen and oxygen atoms in total. The van der Waals surface area contributed by atoms with Crippen molar-refractivity contribution in [2.75, 3.05) is 11.9 Å². The van der Waals surface area contributed by atoms with Crippen molar-refractivity contribution in [2.24, 2.45) is 0 Å². The maximum absolute atomic E-state index is 12.0. The summed E-state index contributed by atoms with van der Waals surface area (Å²) in [6, 6.07) is 15.3. The minimum absolute atomic E-state index is 0.0359. The number of hydrogen-bond donors (Lipinski definition) is 2. The van der Waals surface area contributed by atoms with E-state index in [0.717, 1.165) is 22.2 Å². The zero-order valence-electron chi connectivity index (χ0n) is 17.2. The van der Waals surface area contributed by atoms with E-state index in [0.29, 0.717) is 10.8 Å². The van der Waals surface area contributed by atoms with Crippen LogP contribution in [0, 0.1) is 13.8 Å². The summed E-state index contributed by atoms with van der Waals surface area (Å²) in [5.41, 5.74) is 4.49. The molecule has 0 spiro atoms. The van der Waals surface area contributed by atoms with E-state index in [1.807, 2.05) is 62.4 Å². The molecule has 2 N–H and O–H groups in total. The Kier molecular flexibility index (Phi) is 7.56. The van der Waals surface area contributed by atoms with Crippen molar-refractivity contribution in [3.8, 4) is 0 Å². The average molecular weight is 458 g/mol. The first-order valence-corrected chi connectivity index (χ1v) is 11.9. The first kappa shape index (κ1) is 22.7. The molecule has 1 aromatic heterocycles. The fourth-order valence-electron chi connectivity index (χ4n) is 2.45. The Hall–Kier alpha value is -3.01. The maximum atomic E-state index is 12.0. The third kappa shape index (κ3) is 7.63. The molecule has 0 saturated carbocycles. The van der Waals surface area contributed by atoms with E-state index in [4.69, 9.17) is 4.74 Å². The number of sulfonamides is 1. The molecule has 3 rings (SSSR count). The molecule has 0 unspecified atom stereocenters. The highest BCUT2D eigenvalue weighted by Gasteiger charge is 2.11. The van der Waals surface area contributed by atoms with E-state index in [1.165, 1.54) is 23.0 Å². The van der Waals surface area contributed by atoms with Crippen molar-refractivity contribution in [3.05, 3.63) is 81.7 Å². The van der Waals surface area contributed by atoms with Gasteiger partial charge in [0.25, 0.3) is 0 Å². The average Bonchev–Trinajstić information content (AvgIpc) is 3.19. The number of anilines is 2. The van der Waals surface area contributed by atoms with Gasteiger partial charge in [-0.05, 0) is 37.6 Å². The number of aromatic nitrogens is 1. The lowest BCUT2D eigenvalue weighted by Crippen LogP contribution is -2.29. The van der Waals surface area contributed by atoms with Crippen molar-refractivity contribution < 1.29 is 17.9 Å². The lowest BCUT2D eigenvalue weighted by molar-refractivity contribution is -0.143. The van der Waals surface area contributed by atoms with E-state index in [2.05, 4.69) is 15.0 Å². The number of rotatable bonds is 9. The molecule has 31 heavy (non-hydrogen) atoms. The van der Waals surface area contributed by atoms with Gasteiger partial charge in [0, 0.05) is 16.5 Å². The minimum atomic E-state index is -3.76. The van der Waals surface area contributed by atoms with Crippen molar-refractivity contribution in [1.82, 2.24) is 9.71 Å². The molecule has 0 aliphatic rings. The summed E-state index contributed by atoms with van der Waals surface area (Å²) in [5, 5.41) is 6.66. The quantitative estimate of drug-likeness (QED) is 0.469. The number of thiazole rings is 1. The number of carbonyl (C=O) groups excluding carboxylic acids is 1. The molecule has 0 atom stereocenters. The molecule has 162 valence electrons. The molecule has 0 bridgehead atoms. The molecule has 2 aromatic carbocycles. The van der Waals surface area contributed by atoms with Crippen LogP contribution in [-0.4, -0.2) is 25.9 Å². The predicted molar refractivity (Wildman–Crippen MR) is 124 cm³/mol. The van der Waals surface area contributed by atoms with Gasteiger partial charge in [0.05, 0.1) is 5.69 Å². The lowest BCUT2D eigenvalue weighted by atomic mass is 10.2. The molecule has 0 aliphatic carbocycles. The van der Waals surface area contributed by atoms with Crippen LogP contribution in [0.4, 0.5) is 10.8 Å². The minimum Gasteiger partial charge on any atom is -0.458 e. The number of esters is 1. The van der Waals surface area contributed by atoms with E-state index in [1.54, 1.807) is 5.38 Å². The number of hydrogen-bond acceptors (Lipinski definition) is 7. The van der Waals surface area contributed by atoms with Gasteiger partial charge >= 0.3 is 5.97 Å². The molecule has 0 fully saturated rings. The summed E-state index contributed by atoms with van der Waals surface area (Å²) in [6.45, 7) is 3.47. The van der Waals surface area contributed by atoms with Crippen molar-refractivity contribution in [2.45, 2.75) is 20.5 Å². The highest BCUT2D eigenvalue weighted by molar-refractivity contribution is 7.92. The van der Waals surface area contributed by atoms with E-state index < -0.39 is 22.5 Å². The van der Waals surface area contributed by atoms with Gasteiger partial charge in [-0.25, -0.2) is 18.1 Å². The number of aryl methyl sites for hydroxylation is 2. The Morgan fingerprint density at radius 2 is 1.71 bits per heavy atom. The Bertz CT molecular complexity index is 1150. The van der Waals surface area contributed by atoms with Crippen molar-refractivity contribution in [1.29, 1.82) is 0 Å². The number of ether oxygens (including phenoxy) is 1. The van der Waals surface area contributed by atoms with Crippen LogP contribution >= 0.6 is 11.3 Å². The summed E-state index contributed by atoms with van der Waals surface area (Å²) >= 11 is 1.39. The van der Waals surface area contributed by atoms with Crippen LogP contribution in [0.15, 0.2) is 59.3 Å². The second-order valence-electron chi connectivity index (χ2n) is 6.88. The second-order valence-corrected chi connectivity index (χ2v) is 9.38. The second kappa shape index (κ2) is 10.3. The number of nitrogens with one attached hydrogen (secondary N) is 2. The highest BCUT2D eigenvalue weighted by atomic mass is 32.2. The predicted octanol–water partition coefficient (Wildman–Crippen LogP) is 4.14. The molecular weight excluding hydrogens is 434 g/mol. The standard InChI is InChI=1S/C22H23N3O4S2/c1-16-3-7-18(8-4-16)11-12-31(27,28)23-13-21(26)29-14-20-15-30-22(25-20)24-19-9-5-17(2)6-10-19/h3-12,15,23H,13-14H2,1-2H3,(H,24,25)/b12-11+. The number of nitrogens with zero attached hydrogens (tertiary/aromatic N) is 1. The molecule has 0 amide bonds. The number of benzene rings is 2. The molecule has 0 radical (unpaired) electrons. The van der Waals surface area contributed by atoms with E-state index in [-0.39, 0.29) is 6.61 Å². The van der Waals surface area contributed by atoms with Crippen LogP contribution in [0.5, 0.6) is 0 Å². The van der Waals surface area contributed by atoms with Gasteiger partial charge in [-0.3, -0.25) is 4.79 Å². The van der Waals surface area contributed by atoms with Crippen LogP contribution in [0.3, 0.4) is 0 Å². The molecule has 9 heteroatoms. The fourth-order valence-corrected chi connectivity index (χ4v) is 3.92. The van der Waals surface area contributed by atoms with E-state index >= 15 is 0 Å². The van der Waals surface area contributed by atoms with Crippen LogP contribution < -0.4 is 10.0 Å². The Balaban J connectivity index is 1.44. The zero-order valence-corrected chi connectivity index (χ0v) is 18.8. The fraction of sp³-hybridized carbons (Fsp3) is 0.182. The van der Waals surface area contributed by atoms with Crippen LogP contribution in [0.25, 0.3) is 6.08 Å². The van der Waals surface area contributed by atoms with Gasteiger partial charge in [0.15, 0.2) is 5.13 Å². The first-order valence-electron chi connectivity index (χ1n) is 9.47. The Morgan fingerprint density at radius 1 is 1.06 bits per heavy atom. The van der Waals surface area contributed by atoms with Crippen molar-refractivity contribution >= 4 is 44.2 Å². The first-order chi connectivity index (χ1) is 14.8. The van der Waals surface area contributed by atoms with Gasteiger partial charge < -0.3 is 10.1 Å². The molecular formula is C22H23N3O4S2. The third-order valence-electron chi connectivity index (χ3n) is 4.17. The van der Waals surface area contributed by atoms with Gasteiger partial charge in [-0.1, -0.05) is 47.5 Å². The Labute approximate surface area is 185 Å². The van der Waals surface area contributed by atoms with Gasteiger partial charge in [0.2, 0.25) is 10.0 Å². The SMILES string of the molecule is Cc1ccc(/C=C/S(=O)(=O)NCC(=O)OCc2csc(Nc3ccc(C)cc3)n2)cc1. The molecule has 0 saturated heterocycles. The van der Waals surface area contributed by atoms with Crippen LogP contribution in [-0.2, 0) is 26.2 Å². The zero-order chi connectivity index (χ0) is 22.3. The summed E-state index contributed by atoms with van der Waals surface area (Å²) < 4.78 is 31.4. The lowest BCUT2D eigenvalue weighted by Gasteiger charge is -2.04. The van der Waals surface area contributed by atoms with Gasteiger partial charge in [-0.15, -0.1) is 11.3 Å². The molecule has 1 heterocycles. The topological polar surface area (TPSA) is 97.4 Å². The highest BCUT2D eigenvalue weighted by Crippen LogP contribution is 2.21. The van der Waals surface area contributed by atoms with Gasteiger partial charge in [0.1, 0.15) is 13.2 Å². The van der Waals surface area contributed by atoms with Crippen molar-refractivity contribution in [3.63, 3.8) is 0 Å². The Morgan fingerprint density at radius 3 is 2.39 bits per heavy atom. The summed E-state index contributed by atoms with van der Waals surface area (Å²) in [4.78, 5) is 16.2. The summed E-state index contributed by atoms with van der Waals surface area (Å²) in [7, 11) is -3.76. The van der Waals surface area contributed by atoms with Gasteiger partial charge in [-0.2, -0.15) is 0 Å².